The van der Waals surface area contributed by atoms with E-state index in [9.17, 15) is 9.50 Å². The first-order valence-electron chi connectivity index (χ1n) is 7.34. The molecule has 0 bridgehead atoms. The van der Waals surface area contributed by atoms with Gasteiger partial charge >= 0.3 is 0 Å². The standard InChI is InChI=1S/C18H19FO2/c1-12(20)17-8-7-16(10-18(17)19)21-11-13-5-6-14-3-2-4-15(14)9-13/h5-10,12,20H,2-4,11H2,1H3/t12-/m0/s1. The number of benzene rings is 2. The van der Waals surface area contributed by atoms with Crippen molar-refractivity contribution >= 4 is 0 Å². The first-order chi connectivity index (χ1) is 10.1. The van der Waals surface area contributed by atoms with Crippen LogP contribution < -0.4 is 4.74 Å². The predicted molar refractivity (Wildman–Crippen MR) is 79.8 cm³/mol. The summed E-state index contributed by atoms with van der Waals surface area (Å²) in [5.41, 5.74) is 4.24. The van der Waals surface area contributed by atoms with Gasteiger partial charge in [0, 0.05) is 11.6 Å². The molecule has 21 heavy (non-hydrogen) atoms. The summed E-state index contributed by atoms with van der Waals surface area (Å²) < 4.78 is 19.4. The topological polar surface area (TPSA) is 29.5 Å². The van der Waals surface area contributed by atoms with Crippen LogP contribution >= 0.6 is 0 Å². The summed E-state index contributed by atoms with van der Waals surface area (Å²) in [4.78, 5) is 0. The van der Waals surface area contributed by atoms with Crippen LogP contribution in [0.4, 0.5) is 4.39 Å². The molecule has 0 unspecified atom stereocenters. The maximum Gasteiger partial charge on any atom is 0.132 e. The molecular formula is C18H19FO2. The van der Waals surface area contributed by atoms with Crippen molar-refractivity contribution in [2.24, 2.45) is 0 Å². The van der Waals surface area contributed by atoms with Crippen LogP contribution in [0.1, 0.15) is 41.7 Å². The molecule has 0 aromatic heterocycles. The van der Waals surface area contributed by atoms with Crippen molar-refractivity contribution in [3.05, 3.63) is 64.5 Å². The van der Waals surface area contributed by atoms with Crippen LogP contribution in [-0.2, 0) is 19.4 Å². The molecule has 0 fully saturated rings. The van der Waals surface area contributed by atoms with Gasteiger partial charge < -0.3 is 9.84 Å². The molecule has 0 aliphatic heterocycles. The highest BCUT2D eigenvalue weighted by molar-refractivity contribution is 5.35. The van der Waals surface area contributed by atoms with Crippen LogP contribution in [-0.4, -0.2) is 5.11 Å². The van der Waals surface area contributed by atoms with Gasteiger partial charge in [-0.25, -0.2) is 4.39 Å². The second kappa shape index (κ2) is 5.86. The zero-order valence-corrected chi connectivity index (χ0v) is 12.1. The van der Waals surface area contributed by atoms with E-state index in [1.165, 1.54) is 30.0 Å². The molecule has 110 valence electrons. The molecule has 3 rings (SSSR count). The highest BCUT2D eigenvalue weighted by Crippen LogP contribution is 2.25. The van der Waals surface area contributed by atoms with E-state index in [2.05, 4.69) is 18.2 Å². The third kappa shape index (κ3) is 3.08. The van der Waals surface area contributed by atoms with Crippen LogP contribution in [0, 0.1) is 5.82 Å². The van der Waals surface area contributed by atoms with Crippen molar-refractivity contribution in [2.75, 3.05) is 0 Å². The molecule has 0 spiro atoms. The lowest BCUT2D eigenvalue weighted by Crippen LogP contribution is -2.00. The van der Waals surface area contributed by atoms with E-state index in [1.54, 1.807) is 19.1 Å². The summed E-state index contributed by atoms with van der Waals surface area (Å²) in [7, 11) is 0. The lowest BCUT2D eigenvalue weighted by atomic mass is 10.1. The Bertz CT molecular complexity index is 650. The SMILES string of the molecule is C[C@H](O)c1ccc(OCc2ccc3c(c2)CCC3)cc1F. The van der Waals surface area contributed by atoms with Gasteiger partial charge in [0.25, 0.3) is 0 Å². The summed E-state index contributed by atoms with van der Waals surface area (Å²) in [6.45, 7) is 1.98. The lowest BCUT2D eigenvalue weighted by Gasteiger charge is -2.11. The fourth-order valence-electron chi connectivity index (χ4n) is 2.82. The Morgan fingerprint density at radius 3 is 2.71 bits per heavy atom. The normalized spacial score (nSPS) is 14.8. The molecule has 2 aromatic rings. The van der Waals surface area contributed by atoms with Gasteiger partial charge in [-0.3, -0.25) is 0 Å². The molecule has 1 aliphatic carbocycles. The number of hydrogen-bond donors (Lipinski definition) is 1. The van der Waals surface area contributed by atoms with Crippen LogP contribution in [0.15, 0.2) is 36.4 Å². The second-order valence-electron chi connectivity index (χ2n) is 5.60. The average Bonchev–Trinajstić information content (AvgIpc) is 2.92. The highest BCUT2D eigenvalue weighted by Gasteiger charge is 2.12. The zero-order chi connectivity index (χ0) is 14.8. The summed E-state index contributed by atoms with van der Waals surface area (Å²) in [6, 6.07) is 11.0. The Labute approximate surface area is 124 Å². The Morgan fingerprint density at radius 2 is 1.95 bits per heavy atom. The molecule has 2 aromatic carbocycles. The van der Waals surface area contributed by atoms with Gasteiger partial charge in [-0.2, -0.15) is 0 Å². The number of hydrogen-bond acceptors (Lipinski definition) is 2. The van der Waals surface area contributed by atoms with Crippen molar-refractivity contribution < 1.29 is 14.2 Å². The fraction of sp³-hybridized carbons (Fsp3) is 0.333. The maximum absolute atomic E-state index is 13.8. The highest BCUT2D eigenvalue weighted by atomic mass is 19.1. The third-order valence-corrected chi connectivity index (χ3v) is 3.99. The van der Waals surface area contributed by atoms with Crippen LogP contribution in [0.3, 0.4) is 0 Å². The number of aliphatic hydroxyl groups is 1. The first-order valence-corrected chi connectivity index (χ1v) is 7.34. The van der Waals surface area contributed by atoms with Crippen LogP contribution in [0.2, 0.25) is 0 Å². The molecule has 3 heteroatoms. The van der Waals surface area contributed by atoms with Gasteiger partial charge in [-0.05, 0) is 55.0 Å². The monoisotopic (exact) mass is 286 g/mol. The van der Waals surface area contributed by atoms with Gasteiger partial charge in [-0.15, -0.1) is 0 Å². The molecule has 0 radical (unpaired) electrons. The number of aliphatic hydroxyl groups excluding tert-OH is 1. The van der Waals surface area contributed by atoms with Crippen molar-refractivity contribution in [3.63, 3.8) is 0 Å². The molecule has 0 saturated carbocycles. The summed E-state index contributed by atoms with van der Waals surface area (Å²) in [6.07, 6.45) is 2.73. The van der Waals surface area contributed by atoms with E-state index in [4.69, 9.17) is 4.74 Å². The summed E-state index contributed by atoms with van der Waals surface area (Å²) in [5.74, 6) is 0.0499. The Hall–Kier alpha value is -1.87. The van der Waals surface area contributed by atoms with Crippen molar-refractivity contribution in [1.29, 1.82) is 0 Å². The summed E-state index contributed by atoms with van der Waals surface area (Å²) in [5, 5.41) is 9.41. The Balaban J connectivity index is 1.69. The number of aryl methyl sites for hydroxylation is 2. The van der Waals surface area contributed by atoms with Gasteiger partial charge in [0.15, 0.2) is 0 Å². The minimum atomic E-state index is -0.809. The van der Waals surface area contributed by atoms with Gasteiger partial charge in [-0.1, -0.05) is 18.2 Å². The number of halogens is 1. The predicted octanol–water partition coefficient (Wildman–Crippen LogP) is 3.95. The van der Waals surface area contributed by atoms with E-state index in [-0.39, 0.29) is 0 Å². The van der Waals surface area contributed by atoms with E-state index in [1.807, 2.05) is 0 Å². The van der Waals surface area contributed by atoms with Crippen molar-refractivity contribution in [1.82, 2.24) is 0 Å². The largest absolute Gasteiger partial charge is 0.489 e. The van der Waals surface area contributed by atoms with Crippen molar-refractivity contribution in [3.8, 4) is 5.75 Å². The Morgan fingerprint density at radius 1 is 1.14 bits per heavy atom. The van der Waals surface area contributed by atoms with Gasteiger partial charge in [0.1, 0.15) is 18.2 Å². The molecule has 0 heterocycles. The number of ether oxygens (including phenoxy) is 1. The quantitative estimate of drug-likeness (QED) is 0.922. The zero-order valence-electron chi connectivity index (χ0n) is 12.1. The maximum atomic E-state index is 13.8. The van der Waals surface area contributed by atoms with Crippen LogP contribution in [0.25, 0.3) is 0 Å². The smallest absolute Gasteiger partial charge is 0.132 e. The van der Waals surface area contributed by atoms with E-state index >= 15 is 0 Å². The average molecular weight is 286 g/mol. The Kier molecular flexibility index (Phi) is 3.93. The summed E-state index contributed by atoms with van der Waals surface area (Å²) >= 11 is 0. The third-order valence-electron chi connectivity index (χ3n) is 3.99. The van der Waals surface area contributed by atoms with Crippen LogP contribution in [0.5, 0.6) is 5.75 Å². The molecule has 1 aliphatic rings. The molecular weight excluding hydrogens is 267 g/mol. The first kappa shape index (κ1) is 14.1. The minimum absolute atomic E-state index is 0.292. The number of rotatable bonds is 4. The lowest BCUT2D eigenvalue weighted by molar-refractivity contribution is 0.194. The molecule has 1 N–H and O–H groups in total. The molecule has 1 atom stereocenters. The fourth-order valence-corrected chi connectivity index (χ4v) is 2.82. The molecule has 0 saturated heterocycles. The van der Waals surface area contributed by atoms with E-state index < -0.39 is 11.9 Å². The van der Waals surface area contributed by atoms with E-state index in [0.717, 1.165) is 12.0 Å². The van der Waals surface area contributed by atoms with Crippen molar-refractivity contribution in [2.45, 2.75) is 38.9 Å². The molecule has 2 nitrogen and oxygen atoms in total. The minimum Gasteiger partial charge on any atom is -0.489 e. The molecule has 0 amide bonds. The van der Waals surface area contributed by atoms with Gasteiger partial charge in [0.2, 0.25) is 0 Å². The number of fused-ring (bicyclic) bond motifs is 1. The van der Waals surface area contributed by atoms with E-state index in [0.29, 0.717) is 17.9 Å². The second-order valence-corrected chi connectivity index (χ2v) is 5.60. The van der Waals surface area contributed by atoms with Gasteiger partial charge in [0.05, 0.1) is 6.10 Å².